The van der Waals surface area contributed by atoms with Crippen molar-refractivity contribution in [2.24, 2.45) is 0 Å². The zero-order chi connectivity index (χ0) is 81.7. The van der Waals surface area contributed by atoms with Crippen molar-refractivity contribution >= 4 is 0 Å². The summed E-state index contributed by atoms with van der Waals surface area (Å²) in [6, 6.07) is 50.9. The van der Waals surface area contributed by atoms with Crippen LogP contribution in [0.1, 0.15) is 225 Å². The van der Waals surface area contributed by atoms with Crippen molar-refractivity contribution in [1.82, 2.24) is 45.0 Å². The first-order valence-corrected chi connectivity index (χ1v) is 39.2. The Hall–Kier alpha value is -11.4. The van der Waals surface area contributed by atoms with Gasteiger partial charge in [-0.2, -0.15) is 0 Å². The molecule has 12 aromatic rings. The molecule has 114 heavy (non-hydrogen) atoms. The third-order valence-corrected chi connectivity index (χ3v) is 21.6. The Bertz CT molecular complexity index is 4810. The van der Waals surface area contributed by atoms with E-state index in [2.05, 4.69) is 213 Å². The molecule has 12 bridgehead atoms. The number of hydrogen-bond acceptors (Lipinski definition) is 15. The summed E-state index contributed by atoms with van der Waals surface area (Å²) in [6.07, 6.45) is 7.85. The van der Waals surface area contributed by atoms with Gasteiger partial charge in [0.05, 0.1) is 78.3 Å². The summed E-state index contributed by atoms with van der Waals surface area (Å²) in [5, 5.41) is 28.4. The summed E-state index contributed by atoms with van der Waals surface area (Å²) in [5.41, 5.74) is 18.5. The molecular formula is C96H111N9O9. The number of ether oxygens (including phenoxy) is 9. The average molecular weight is 1530 g/mol. The van der Waals surface area contributed by atoms with Crippen LogP contribution >= 0.6 is 0 Å². The van der Waals surface area contributed by atoms with Crippen molar-refractivity contribution in [2.75, 3.05) is 42.7 Å². The van der Waals surface area contributed by atoms with E-state index in [1.807, 2.05) is 91.4 Å². The molecule has 0 atom stereocenters. The molecule has 1 aliphatic rings. The molecule has 0 N–H and O–H groups in total. The third-order valence-electron chi connectivity index (χ3n) is 21.6. The van der Waals surface area contributed by atoms with Crippen LogP contribution < -0.4 is 42.6 Å². The third kappa shape index (κ3) is 17.7. The first kappa shape index (κ1) is 80.6. The van der Waals surface area contributed by atoms with Crippen molar-refractivity contribution in [1.29, 1.82) is 0 Å². The first-order chi connectivity index (χ1) is 53.9. The molecule has 13 rings (SSSR count). The quantitative estimate of drug-likeness (QED) is 0.0947. The molecule has 0 spiro atoms. The van der Waals surface area contributed by atoms with Crippen LogP contribution in [0.3, 0.4) is 0 Å². The van der Waals surface area contributed by atoms with Crippen LogP contribution in [0.5, 0.6) is 69.4 Å². The maximum Gasteiger partial charge on any atom is 0.259 e. The monoisotopic (exact) mass is 1530 g/mol. The van der Waals surface area contributed by atoms with Gasteiger partial charge in [-0.1, -0.05) is 228 Å². The Balaban J connectivity index is 1.13. The SMILES string of the molecule is COc1ccc(-n2cc(Oc3c4cc(C(C)(C)C)cc3Cc3cc(C(C)(C)C)cc(c3OC)Cc3cc(C(C)(C)C)cc(c3Oc3cn(-c5ccc(OC)cc5)nn3)Cc3cc(C(C)(C)C)cc(c3OC)Cc3cc(C(C)(C)C)cc(c3Oc3cn(-c5ccc(OC)cc5)nn3)Cc3cc(C(C)(C)C)cc(c3OC)C4)nn2)cc1. The lowest BCUT2D eigenvalue weighted by Crippen LogP contribution is -2.17. The Morgan fingerprint density at radius 3 is 0.544 bits per heavy atom. The van der Waals surface area contributed by atoms with Crippen molar-refractivity contribution in [3.8, 4) is 86.4 Å². The van der Waals surface area contributed by atoms with Gasteiger partial charge in [0.25, 0.3) is 17.6 Å². The molecule has 9 aromatic carbocycles. The van der Waals surface area contributed by atoms with Gasteiger partial charge in [0, 0.05) is 38.5 Å². The van der Waals surface area contributed by atoms with Gasteiger partial charge in [0.2, 0.25) is 0 Å². The summed E-state index contributed by atoms with van der Waals surface area (Å²) >= 11 is 0. The highest BCUT2D eigenvalue weighted by Gasteiger charge is 2.33. The zero-order valence-corrected chi connectivity index (χ0v) is 71.0. The maximum atomic E-state index is 7.46. The molecule has 3 aromatic heterocycles. The number of fused-ring (bicyclic) bond motifs is 12. The van der Waals surface area contributed by atoms with Crippen LogP contribution in [-0.4, -0.2) is 87.6 Å². The standard InChI is InChI=1S/C96H111N9O9/c1-91(2,3)70-43-58-37-64-49-73(94(10,11)12)51-66(88(64)112-82-55-103(100-97-82)76-25-31-79(106-19)32-26-76)39-60-45-71(92(4,5)6)47-62(86(60)110-23)41-68-53-75(96(16,17)18)54-69(90(68)114-84-57-105(102-99-84)78-29-35-81(108-21)36-30-78)42-63-48-72(93(7,8)9)46-61(87(63)111-24)40-67-52-74(95(13,14)15)50-65(38-59(44-70)85(58)109-22)89(67)113-83-56-104(101-98-83)77-27-33-80(107-20)34-28-77/h25-36,43-57H,37-42H2,1-24H3. The molecule has 594 valence electrons. The maximum absolute atomic E-state index is 7.46. The minimum absolute atomic E-state index is 0.313. The zero-order valence-electron chi connectivity index (χ0n) is 71.0. The topological polar surface area (TPSA) is 175 Å². The molecule has 0 fully saturated rings. The summed E-state index contributed by atoms with van der Waals surface area (Å²) in [4.78, 5) is 0. The Morgan fingerprint density at radius 1 is 0.228 bits per heavy atom. The fraction of sp³-hybridized carbons (Fsp3) is 0.375. The highest BCUT2D eigenvalue weighted by atomic mass is 16.5. The second-order valence-corrected chi connectivity index (χ2v) is 36.3. The second-order valence-electron chi connectivity index (χ2n) is 36.3. The normalized spacial score (nSPS) is 13.1. The summed E-state index contributed by atoms with van der Waals surface area (Å²) in [6.45, 7) is 40.8. The van der Waals surface area contributed by atoms with Crippen molar-refractivity contribution < 1.29 is 42.6 Å². The molecule has 1 aliphatic carbocycles. The molecule has 18 nitrogen and oxygen atoms in total. The molecule has 0 amide bonds. The smallest absolute Gasteiger partial charge is 0.259 e. The number of aromatic nitrogens is 9. The first-order valence-electron chi connectivity index (χ1n) is 39.2. The minimum atomic E-state index is -0.343. The van der Waals surface area contributed by atoms with E-state index in [-0.39, 0.29) is 32.5 Å². The van der Waals surface area contributed by atoms with Gasteiger partial charge in [-0.3, -0.25) is 0 Å². The fourth-order valence-corrected chi connectivity index (χ4v) is 14.9. The van der Waals surface area contributed by atoms with Crippen LogP contribution in [0.4, 0.5) is 0 Å². The highest BCUT2D eigenvalue weighted by Crippen LogP contribution is 2.48. The number of hydrogen-bond donors (Lipinski definition) is 0. The van der Waals surface area contributed by atoms with Gasteiger partial charge in [-0.05, 0) is 205 Å². The van der Waals surface area contributed by atoms with E-state index in [4.69, 9.17) is 57.9 Å². The van der Waals surface area contributed by atoms with Crippen LogP contribution in [-0.2, 0) is 71.0 Å². The second kappa shape index (κ2) is 31.5. The van der Waals surface area contributed by atoms with Crippen molar-refractivity contribution in [3.63, 3.8) is 0 Å². The average Bonchev–Trinajstić information content (AvgIpc) is 1.05. The number of benzene rings is 9. The lowest BCUT2D eigenvalue weighted by atomic mass is 9.79. The molecule has 0 saturated heterocycles. The molecule has 3 heterocycles. The van der Waals surface area contributed by atoms with E-state index < -0.39 is 0 Å². The Kier molecular flexibility index (Phi) is 22.3. The predicted molar refractivity (Wildman–Crippen MR) is 451 cm³/mol. The van der Waals surface area contributed by atoms with E-state index in [1.165, 1.54) is 0 Å². The van der Waals surface area contributed by atoms with E-state index in [9.17, 15) is 0 Å². The van der Waals surface area contributed by atoms with Crippen LogP contribution in [0.2, 0.25) is 0 Å². The molecule has 0 saturated carbocycles. The van der Waals surface area contributed by atoms with Gasteiger partial charge >= 0.3 is 0 Å². The summed E-state index contributed by atoms with van der Waals surface area (Å²) < 4.78 is 65.0. The van der Waals surface area contributed by atoms with E-state index >= 15 is 0 Å². The van der Waals surface area contributed by atoms with Crippen LogP contribution in [0.25, 0.3) is 17.1 Å². The highest BCUT2D eigenvalue weighted by molar-refractivity contribution is 5.63. The molecule has 0 unspecified atom stereocenters. The minimum Gasteiger partial charge on any atom is -0.497 e. The van der Waals surface area contributed by atoms with Crippen molar-refractivity contribution in [3.05, 3.63) is 264 Å². The molecule has 0 radical (unpaired) electrons. The number of rotatable bonds is 15. The van der Waals surface area contributed by atoms with Crippen molar-refractivity contribution in [2.45, 2.75) is 196 Å². The predicted octanol–water partition coefficient (Wildman–Crippen LogP) is 21.5. The Labute approximate surface area is 673 Å². The van der Waals surface area contributed by atoms with Gasteiger partial charge in [-0.15, -0.1) is 0 Å². The molecule has 0 aliphatic heterocycles. The van der Waals surface area contributed by atoms with Crippen LogP contribution in [0, 0.1) is 0 Å². The van der Waals surface area contributed by atoms with Gasteiger partial charge in [-0.25, -0.2) is 14.0 Å². The lowest BCUT2D eigenvalue weighted by Gasteiger charge is -2.28. The van der Waals surface area contributed by atoms with Gasteiger partial charge < -0.3 is 42.6 Å². The van der Waals surface area contributed by atoms with E-state index in [0.717, 1.165) is 152 Å². The fourth-order valence-electron chi connectivity index (χ4n) is 14.9. The van der Waals surface area contributed by atoms with E-state index in [1.54, 1.807) is 56.7 Å². The largest absolute Gasteiger partial charge is 0.497 e. The Morgan fingerprint density at radius 2 is 0.395 bits per heavy atom. The summed E-state index contributed by atoms with van der Waals surface area (Å²) in [5.74, 6) is 7.28. The van der Waals surface area contributed by atoms with Crippen LogP contribution in [0.15, 0.2) is 164 Å². The summed E-state index contributed by atoms with van der Waals surface area (Å²) in [7, 11) is 10.3. The van der Waals surface area contributed by atoms with Gasteiger partial charge in [0.1, 0.15) is 51.7 Å². The molecule has 18 heteroatoms. The number of methoxy groups -OCH3 is 6. The molecular weight excluding hydrogens is 1420 g/mol. The van der Waals surface area contributed by atoms with E-state index in [0.29, 0.717) is 73.4 Å². The lowest BCUT2D eigenvalue weighted by molar-refractivity contribution is 0.403. The number of nitrogens with zero attached hydrogens (tertiary/aromatic N) is 9. The van der Waals surface area contributed by atoms with Gasteiger partial charge in [0.15, 0.2) is 0 Å².